The average Bonchev–Trinajstić information content (AvgIpc) is 4.01. The Labute approximate surface area is 342 Å². The van der Waals surface area contributed by atoms with E-state index in [1.165, 1.54) is 20.0 Å². The van der Waals surface area contributed by atoms with Crippen LogP contribution in [0.5, 0.6) is 11.6 Å². The summed E-state index contributed by atoms with van der Waals surface area (Å²) < 4.78 is 83.8. The van der Waals surface area contributed by atoms with Crippen LogP contribution in [-0.2, 0) is 24.4 Å². The molecule has 3 N–H and O–H groups in total. The maximum atomic E-state index is 15.0. The first kappa shape index (κ1) is 44.0. The largest absolute Gasteiger partial charge is 0.491 e. The molecular formula is C41H54F3N5O9S. The molecule has 1 aromatic carbocycles. The molecule has 1 aromatic heterocycles. The van der Waals surface area contributed by atoms with Gasteiger partial charge in [0.15, 0.2) is 0 Å². The number of sulfonamides is 1. The van der Waals surface area contributed by atoms with Crippen LogP contribution >= 0.6 is 0 Å². The van der Waals surface area contributed by atoms with Gasteiger partial charge < -0.3 is 24.8 Å². The van der Waals surface area contributed by atoms with Crippen molar-refractivity contribution in [2.24, 2.45) is 17.8 Å². The number of carbonyl (C=O) groups is 4. The summed E-state index contributed by atoms with van der Waals surface area (Å²) in [4.78, 5) is 62.1. The molecule has 0 unspecified atom stereocenters. The first-order valence-corrected chi connectivity index (χ1v) is 21.6. The van der Waals surface area contributed by atoms with Gasteiger partial charge in [-0.3, -0.25) is 24.0 Å². The number of nitrogens with zero attached hydrogens (tertiary/aromatic N) is 3. The smallest absolute Gasteiger partial charge is 0.411 e. The molecule has 324 valence electrons. The summed E-state index contributed by atoms with van der Waals surface area (Å²) in [6, 6.07) is 3.65. The number of fused-ring (bicyclic) bond motifs is 3. The summed E-state index contributed by atoms with van der Waals surface area (Å²) in [6.45, 7) is 9.71. The molecule has 7 atom stereocenters. The maximum Gasteiger partial charge on any atom is 0.411 e. The van der Waals surface area contributed by atoms with E-state index in [1.807, 2.05) is 26.8 Å². The summed E-state index contributed by atoms with van der Waals surface area (Å²) in [7, 11) is -4.12. The van der Waals surface area contributed by atoms with Crippen molar-refractivity contribution in [3.63, 3.8) is 0 Å². The number of ether oxygens (including phenoxy) is 2. The Kier molecular flexibility index (Phi) is 11.8. The van der Waals surface area contributed by atoms with Gasteiger partial charge in [-0.15, -0.1) is 0 Å². The predicted molar refractivity (Wildman–Crippen MR) is 211 cm³/mol. The number of carbonyl (C=O) groups excluding carboxylic acids is 3. The standard InChI is InChI=1S/C41H54F3N5O9S/c1-23(2)57-28-12-13-30-26(19-28)14-17-45-34(30)58-29-20-31-33(50)46-40(36(52)47-59(55,56)39(7)15-16-39)21-27(40)11-9-8-10-24(3)18-25(4)32(35(51)48(31)22-29)49(37(53)54)38(5,6)41(42,43)44/h9,11-14,17,19,23-25,27,29,31-32H,8,10,15-16,18,20-22H2,1-7H3,(H,46,50)(H,47,52)(H,53,54)/t24-,25+,27+,29+,31-,32-,40+/m0/s1. The normalized spacial score (nSPS) is 28.8. The minimum atomic E-state index is -5.09. The lowest BCUT2D eigenvalue weighted by molar-refractivity contribution is -0.222. The van der Waals surface area contributed by atoms with Gasteiger partial charge >= 0.3 is 12.3 Å². The molecule has 18 heteroatoms. The van der Waals surface area contributed by atoms with Crippen LogP contribution in [0.4, 0.5) is 18.0 Å². The summed E-state index contributed by atoms with van der Waals surface area (Å²) in [5.74, 6) is -3.85. The van der Waals surface area contributed by atoms with Gasteiger partial charge in [-0.2, -0.15) is 13.2 Å². The van der Waals surface area contributed by atoms with E-state index in [0.717, 1.165) is 4.90 Å². The number of benzene rings is 1. The fourth-order valence-electron chi connectivity index (χ4n) is 8.31. The fraction of sp³-hybridized carbons (Fsp3) is 0.634. The van der Waals surface area contributed by atoms with Crippen molar-refractivity contribution >= 4 is 44.6 Å². The number of pyridine rings is 1. The lowest BCUT2D eigenvalue weighted by Crippen LogP contribution is -2.66. The zero-order valence-corrected chi connectivity index (χ0v) is 35.2. The number of alkyl halides is 3. The predicted octanol–water partition coefficient (Wildman–Crippen LogP) is 5.95. The lowest BCUT2D eigenvalue weighted by atomic mass is 9.85. The van der Waals surface area contributed by atoms with E-state index >= 15 is 4.79 Å². The van der Waals surface area contributed by atoms with Gasteiger partial charge in [-0.25, -0.2) is 18.2 Å². The topological polar surface area (TPSA) is 185 Å². The van der Waals surface area contributed by atoms with E-state index in [0.29, 0.717) is 56.1 Å². The Bertz CT molecular complexity index is 2130. The molecule has 2 saturated carbocycles. The minimum absolute atomic E-state index is 0.0537. The number of carboxylic acid groups (broad SMARTS) is 1. The Hall–Kier alpha value is -4.61. The van der Waals surface area contributed by atoms with E-state index < -0.39 is 85.9 Å². The summed E-state index contributed by atoms with van der Waals surface area (Å²) in [5, 5.41) is 14.5. The van der Waals surface area contributed by atoms with E-state index in [4.69, 9.17) is 9.47 Å². The summed E-state index contributed by atoms with van der Waals surface area (Å²) in [5.41, 5.74) is -4.75. The molecule has 14 nitrogen and oxygen atoms in total. The summed E-state index contributed by atoms with van der Waals surface area (Å²) in [6.07, 6.45) is -1.39. The molecule has 6 rings (SSSR count). The number of hydrogen-bond acceptors (Lipinski definition) is 9. The first-order valence-electron chi connectivity index (χ1n) is 20.1. The number of amides is 4. The molecule has 2 aromatic rings. The van der Waals surface area contributed by atoms with Gasteiger partial charge in [0.2, 0.25) is 27.7 Å². The number of nitrogens with one attached hydrogen (secondary N) is 2. The fourth-order valence-corrected chi connectivity index (χ4v) is 9.62. The maximum absolute atomic E-state index is 15.0. The van der Waals surface area contributed by atoms with Crippen LogP contribution < -0.4 is 19.5 Å². The van der Waals surface area contributed by atoms with Crippen molar-refractivity contribution in [3.8, 4) is 11.6 Å². The number of rotatable bonds is 9. The van der Waals surface area contributed by atoms with Gasteiger partial charge in [0.25, 0.3) is 5.91 Å². The second kappa shape index (κ2) is 15.8. The number of aromatic nitrogens is 1. The van der Waals surface area contributed by atoms with E-state index in [2.05, 4.69) is 15.0 Å². The van der Waals surface area contributed by atoms with Gasteiger partial charge in [0, 0.05) is 23.9 Å². The van der Waals surface area contributed by atoms with Crippen molar-refractivity contribution in [2.75, 3.05) is 6.54 Å². The molecule has 1 saturated heterocycles. The molecular weight excluding hydrogens is 796 g/mol. The van der Waals surface area contributed by atoms with Crippen molar-refractivity contribution in [2.45, 2.75) is 140 Å². The molecule has 3 heterocycles. The summed E-state index contributed by atoms with van der Waals surface area (Å²) >= 11 is 0. The quantitative estimate of drug-likeness (QED) is 0.255. The highest BCUT2D eigenvalue weighted by Gasteiger charge is 2.64. The molecule has 0 radical (unpaired) electrons. The number of halogens is 3. The molecule has 59 heavy (non-hydrogen) atoms. The van der Waals surface area contributed by atoms with Gasteiger partial charge in [-0.05, 0) is 115 Å². The van der Waals surface area contributed by atoms with E-state index in [-0.39, 0.29) is 48.6 Å². The van der Waals surface area contributed by atoms with Crippen molar-refractivity contribution < 1.29 is 55.3 Å². The SMILES string of the molecule is CC(C)Oc1ccc2c(O[C@@H]3C[C@H]4C(=O)N[C@]5(C(=O)NS(=O)(=O)C6(C)CC6)C[C@H]5C=CCC[C@H](C)C[C@@H](C)[C@H](N(C(=O)O)C(C)(C)C(F)(F)F)C(=O)N4C3)nccc2c1. The third-order valence-corrected chi connectivity index (χ3v) is 14.5. The molecule has 4 aliphatic rings. The van der Waals surface area contributed by atoms with Crippen LogP contribution in [0.1, 0.15) is 93.4 Å². The zero-order valence-electron chi connectivity index (χ0n) is 34.3. The van der Waals surface area contributed by atoms with Gasteiger partial charge in [-0.1, -0.05) is 26.0 Å². The van der Waals surface area contributed by atoms with Crippen LogP contribution in [0, 0.1) is 17.8 Å². The highest BCUT2D eigenvalue weighted by Crippen LogP contribution is 2.48. The molecule has 4 amide bonds. The van der Waals surface area contributed by atoms with Crippen LogP contribution in [0.15, 0.2) is 42.6 Å². The van der Waals surface area contributed by atoms with E-state index in [9.17, 15) is 41.1 Å². The van der Waals surface area contributed by atoms with E-state index in [1.54, 1.807) is 30.3 Å². The molecule has 0 bridgehead atoms. The van der Waals surface area contributed by atoms with Crippen molar-refractivity contribution in [1.82, 2.24) is 24.8 Å². The van der Waals surface area contributed by atoms with Gasteiger partial charge in [0.1, 0.15) is 35.0 Å². The second-order valence-corrected chi connectivity index (χ2v) is 20.0. The molecule has 3 fully saturated rings. The molecule has 2 aliphatic carbocycles. The van der Waals surface area contributed by atoms with Crippen LogP contribution in [0.25, 0.3) is 10.8 Å². The highest BCUT2D eigenvalue weighted by atomic mass is 32.2. The third kappa shape index (κ3) is 8.69. The van der Waals surface area contributed by atoms with Gasteiger partial charge in [0.05, 0.1) is 17.4 Å². The second-order valence-electron chi connectivity index (χ2n) is 17.8. The zero-order chi connectivity index (χ0) is 43.5. The van der Waals surface area contributed by atoms with Crippen LogP contribution in [-0.4, -0.2) is 105 Å². The monoisotopic (exact) mass is 849 g/mol. The van der Waals surface area contributed by atoms with Crippen LogP contribution in [0.3, 0.4) is 0 Å². The Morgan fingerprint density at radius 1 is 1.12 bits per heavy atom. The number of allylic oxidation sites excluding steroid dienone is 1. The average molecular weight is 850 g/mol. The van der Waals surface area contributed by atoms with Crippen molar-refractivity contribution in [3.05, 3.63) is 42.6 Å². The van der Waals surface area contributed by atoms with Crippen molar-refractivity contribution in [1.29, 1.82) is 0 Å². The Balaban J connectivity index is 1.41. The third-order valence-electron chi connectivity index (χ3n) is 12.3. The molecule has 2 aliphatic heterocycles. The lowest BCUT2D eigenvalue weighted by Gasteiger charge is -2.45. The minimum Gasteiger partial charge on any atom is -0.491 e. The Morgan fingerprint density at radius 2 is 1.81 bits per heavy atom. The first-order chi connectivity index (χ1) is 27.4. The molecule has 0 spiro atoms. The number of hydrogen-bond donors (Lipinski definition) is 3. The highest BCUT2D eigenvalue weighted by molar-refractivity contribution is 7.91. The Morgan fingerprint density at radius 3 is 2.44 bits per heavy atom. The van der Waals surface area contributed by atoms with Crippen LogP contribution in [0.2, 0.25) is 0 Å².